The Labute approximate surface area is 131 Å². The van der Waals surface area contributed by atoms with Gasteiger partial charge in [-0.2, -0.15) is 0 Å². The van der Waals surface area contributed by atoms with E-state index in [1.807, 2.05) is 12.1 Å². The maximum Gasteiger partial charge on any atom is 0.122 e. The standard InChI is InChI=1S/C18H20ClNO/c1-12(14-3-6-17(19)7-4-14)20-13(2)15-5-8-18-16(11-15)9-10-21-18/h3-8,11-13,20H,9-10H2,1-2H3/t12-,13?/m0/s1. The van der Waals surface area contributed by atoms with E-state index in [0.717, 1.165) is 23.8 Å². The van der Waals surface area contributed by atoms with Gasteiger partial charge >= 0.3 is 0 Å². The van der Waals surface area contributed by atoms with Crippen LogP contribution < -0.4 is 10.1 Å². The zero-order chi connectivity index (χ0) is 14.8. The van der Waals surface area contributed by atoms with Crippen LogP contribution in [-0.2, 0) is 6.42 Å². The Morgan fingerprint density at radius 3 is 2.43 bits per heavy atom. The third kappa shape index (κ3) is 3.22. The first kappa shape index (κ1) is 14.4. The summed E-state index contributed by atoms with van der Waals surface area (Å²) in [6.45, 7) is 5.18. The molecule has 0 aliphatic carbocycles. The van der Waals surface area contributed by atoms with Crippen LogP contribution in [0.2, 0.25) is 5.02 Å². The minimum atomic E-state index is 0.279. The van der Waals surface area contributed by atoms with Crippen molar-refractivity contribution in [2.75, 3.05) is 6.61 Å². The topological polar surface area (TPSA) is 21.3 Å². The van der Waals surface area contributed by atoms with Gasteiger partial charge in [-0.3, -0.25) is 0 Å². The quantitative estimate of drug-likeness (QED) is 0.885. The van der Waals surface area contributed by atoms with E-state index < -0.39 is 0 Å². The number of benzene rings is 2. The van der Waals surface area contributed by atoms with Crippen LogP contribution in [0.4, 0.5) is 0 Å². The second-order valence-corrected chi connectivity index (χ2v) is 6.06. The molecule has 2 aromatic rings. The van der Waals surface area contributed by atoms with Gasteiger partial charge in [0.25, 0.3) is 0 Å². The molecule has 0 bridgehead atoms. The van der Waals surface area contributed by atoms with E-state index in [1.54, 1.807) is 0 Å². The zero-order valence-electron chi connectivity index (χ0n) is 12.4. The van der Waals surface area contributed by atoms with Crippen LogP contribution in [0.15, 0.2) is 42.5 Å². The second kappa shape index (κ2) is 6.08. The Kier molecular flexibility index (Phi) is 4.18. The Morgan fingerprint density at radius 1 is 1.00 bits per heavy atom. The molecule has 1 aliphatic heterocycles. The van der Waals surface area contributed by atoms with Gasteiger partial charge in [0, 0.05) is 23.5 Å². The number of fused-ring (bicyclic) bond motifs is 1. The Hall–Kier alpha value is -1.51. The Morgan fingerprint density at radius 2 is 1.67 bits per heavy atom. The number of rotatable bonds is 4. The molecule has 2 atom stereocenters. The first-order chi connectivity index (χ1) is 10.1. The Bertz CT molecular complexity index is 624. The van der Waals surface area contributed by atoms with Crippen molar-refractivity contribution in [3.05, 3.63) is 64.2 Å². The van der Waals surface area contributed by atoms with Crippen molar-refractivity contribution in [3.8, 4) is 5.75 Å². The summed E-state index contributed by atoms with van der Waals surface area (Å²) in [6, 6.07) is 15.1. The highest BCUT2D eigenvalue weighted by molar-refractivity contribution is 6.30. The second-order valence-electron chi connectivity index (χ2n) is 5.63. The Balaban J connectivity index is 1.70. The summed E-state index contributed by atoms with van der Waals surface area (Å²) in [4.78, 5) is 0. The van der Waals surface area contributed by atoms with Gasteiger partial charge in [-0.25, -0.2) is 0 Å². The van der Waals surface area contributed by atoms with Crippen molar-refractivity contribution in [2.24, 2.45) is 0 Å². The van der Waals surface area contributed by atoms with Crippen molar-refractivity contribution in [2.45, 2.75) is 32.4 Å². The fraction of sp³-hybridized carbons (Fsp3) is 0.333. The van der Waals surface area contributed by atoms with Gasteiger partial charge < -0.3 is 10.1 Å². The van der Waals surface area contributed by atoms with Gasteiger partial charge in [0.2, 0.25) is 0 Å². The molecule has 2 aromatic carbocycles. The van der Waals surface area contributed by atoms with Gasteiger partial charge in [-0.15, -0.1) is 0 Å². The molecular weight excluding hydrogens is 282 g/mol. The number of hydrogen-bond acceptors (Lipinski definition) is 2. The molecule has 0 radical (unpaired) electrons. The molecule has 3 rings (SSSR count). The van der Waals surface area contributed by atoms with E-state index in [-0.39, 0.29) is 6.04 Å². The van der Waals surface area contributed by atoms with Gasteiger partial charge in [0.15, 0.2) is 0 Å². The summed E-state index contributed by atoms with van der Waals surface area (Å²) < 4.78 is 5.56. The largest absolute Gasteiger partial charge is 0.493 e. The van der Waals surface area contributed by atoms with E-state index in [2.05, 4.69) is 49.5 Å². The average Bonchev–Trinajstić information content (AvgIpc) is 2.95. The molecule has 0 fully saturated rings. The van der Waals surface area contributed by atoms with Crippen LogP contribution >= 0.6 is 11.6 Å². The molecule has 1 heterocycles. The zero-order valence-corrected chi connectivity index (χ0v) is 13.2. The lowest BCUT2D eigenvalue weighted by Crippen LogP contribution is -2.22. The lowest BCUT2D eigenvalue weighted by atomic mass is 10.0. The molecule has 21 heavy (non-hydrogen) atoms. The molecule has 0 spiro atoms. The lowest BCUT2D eigenvalue weighted by Gasteiger charge is -2.21. The summed E-state index contributed by atoms with van der Waals surface area (Å²) in [5, 5.41) is 4.41. The molecule has 0 aromatic heterocycles. The van der Waals surface area contributed by atoms with Crippen molar-refractivity contribution in [3.63, 3.8) is 0 Å². The van der Waals surface area contributed by atoms with E-state index in [1.165, 1.54) is 16.7 Å². The summed E-state index contributed by atoms with van der Waals surface area (Å²) in [7, 11) is 0. The first-order valence-corrected chi connectivity index (χ1v) is 7.78. The predicted octanol–water partition coefficient (Wildman–Crippen LogP) is 4.69. The van der Waals surface area contributed by atoms with Gasteiger partial charge in [0.05, 0.1) is 6.61 Å². The van der Waals surface area contributed by atoms with Crippen LogP contribution in [-0.4, -0.2) is 6.61 Å². The van der Waals surface area contributed by atoms with E-state index in [0.29, 0.717) is 6.04 Å². The molecule has 1 N–H and O–H groups in total. The van der Waals surface area contributed by atoms with Crippen molar-refractivity contribution in [1.29, 1.82) is 0 Å². The summed E-state index contributed by atoms with van der Waals surface area (Å²) in [5.74, 6) is 1.04. The van der Waals surface area contributed by atoms with Crippen LogP contribution in [0.1, 0.15) is 42.6 Å². The summed E-state index contributed by atoms with van der Waals surface area (Å²) in [5.41, 5.74) is 3.87. The molecule has 1 unspecified atom stereocenters. The van der Waals surface area contributed by atoms with Crippen molar-refractivity contribution < 1.29 is 4.74 Å². The molecule has 1 aliphatic rings. The minimum absolute atomic E-state index is 0.279. The van der Waals surface area contributed by atoms with Gasteiger partial charge in [-0.1, -0.05) is 35.9 Å². The molecule has 0 saturated heterocycles. The normalized spacial score (nSPS) is 16.1. The van der Waals surface area contributed by atoms with Crippen LogP contribution in [0, 0.1) is 0 Å². The maximum absolute atomic E-state index is 5.94. The smallest absolute Gasteiger partial charge is 0.122 e. The molecule has 110 valence electrons. The van der Waals surface area contributed by atoms with Crippen molar-refractivity contribution >= 4 is 11.6 Å². The highest BCUT2D eigenvalue weighted by Gasteiger charge is 2.16. The number of halogens is 1. The molecule has 3 heteroatoms. The highest BCUT2D eigenvalue weighted by atomic mass is 35.5. The molecule has 0 amide bonds. The number of hydrogen-bond donors (Lipinski definition) is 1. The minimum Gasteiger partial charge on any atom is -0.493 e. The van der Waals surface area contributed by atoms with Gasteiger partial charge in [-0.05, 0) is 48.7 Å². The van der Waals surface area contributed by atoms with Crippen LogP contribution in [0.5, 0.6) is 5.75 Å². The van der Waals surface area contributed by atoms with Crippen LogP contribution in [0.25, 0.3) is 0 Å². The molecule has 2 nitrogen and oxygen atoms in total. The maximum atomic E-state index is 5.94. The van der Waals surface area contributed by atoms with E-state index in [4.69, 9.17) is 16.3 Å². The molecular formula is C18H20ClNO. The third-order valence-electron chi connectivity index (χ3n) is 4.08. The monoisotopic (exact) mass is 301 g/mol. The summed E-state index contributed by atoms with van der Waals surface area (Å²) >= 11 is 5.94. The number of nitrogens with one attached hydrogen (secondary N) is 1. The fourth-order valence-electron chi connectivity index (χ4n) is 2.79. The first-order valence-electron chi connectivity index (χ1n) is 7.40. The van der Waals surface area contributed by atoms with E-state index in [9.17, 15) is 0 Å². The third-order valence-corrected chi connectivity index (χ3v) is 4.34. The average molecular weight is 302 g/mol. The van der Waals surface area contributed by atoms with E-state index >= 15 is 0 Å². The van der Waals surface area contributed by atoms with Gasteiger partial charge in [0.1, 0.15) is 5.75 Å². The van der Waals surface area contributed by atoms with Crippen molar-refractivity contribution in [1.82, 2.24) is 5.32 Å². The lowest BCUT2D eigenvalue weighted by molar-refractivity contribution is 0.356. The molecule has 0 saturated carbocycles. The summed E-state index contributed by atoms with van der Waals surface area (Å²) in [6.07, 6.45) is 1.02. The van der Waals surface area contributed by atoms with Crippen LogP contribution in [0.3, 0.4) is 0 Å². The fourth-order valence-corrected chi connectivity index (χ4v) is 2.92. The SMILES string of the molecule is CC(N[C@@H](C)c1ccc(Cl)cc1)c1ccc2c(c1)CCO2. The highest BCUT2D eigenvalue weighted by Crippen LogP contribution is 2.29. The number of ether oxygens (including phenoxy) is 1. The predicted molar refractivity (Wildman–Crippen MR) is 87.1 cm³/mol.